The van der Waals surface area contributed by atoms with Gasteiger partial charge in [0.25, 0.3) is 0 Å². The summed E-state index contributed by atoms with van der Waals surface area (Å²) in [6, 6.07) is 24.6. The van der Waals surface area contributed by atoms with Gasteiger partial charge in [-0.1, -0.05) is 66.2 Å². The molecule has 0 saturated heterocycles. The van der Waals surface area contributed by atoms with Crippen LogP contribution in [0.25, 0.3) is 0 Å². The summed E-state index contributed by atoms with van der Waals surface area (Å²) < 4.78 is 12.3. The quantitative estimate of drug-likeness (QED) is 0.291. The van der Waals surface area contributed by atoms with Gasteiger partial charge in [-0.3, -0.25) is 9.59 Å². The molecule has 0 unspecified atom stereocenters. The molecule has 1 aliphatic heterocycles. The zero-order valence-corrected chi connectivity index (χ0v) is 23.9. The fourth-order valence-corrected chi connectivity index (χ4v) is 6.56. The molecule has 0 saturated carbocycles. The van der Waals surface area contributed by atoms with Gasteiger partial charge in [-0.05, 0) is 68.4 Å². The number of ketones is 2. The van der Waals surface area contributed by atoms with Crippen LogP contribution in [-0.2, 0) is 22.7 Å². The molecule has 6 rings (SSSR count). The molecule has 3 aromatic rings. The molecule has 210 valence electrons. The highest BCUT2D eigenvalue weighted by Crippen LogP contribution is 2.50. The van der Waals surface area contributed by atoms with E-state index in [2.05, 4.69) is 42.2 Å². The van der Waals surface area contributed by atoms with Crippen molar-refractivity contribution in [2.75, 3.05) is 6.61 Å². The van der Waals surface area contributed by atoms with Crippen LogP contribution in [0.1, 0.15) is 73.6 Å². The molecular weight excluding hydrogens is 510 g/mol. The van der Waals surface area contributed by atoms with Crippen molar-refractivity contribution in [3.05, 3.63) is 118 Å². The third kappa shape index (κ3) is 5.46. The summed E-state index contributed by atoms with van der Waals surface area (Å²) in [6.45, 7) is 5.61. The average molecular weight is 548 g/mol. The van der Waals surface area contributed by atoms with Crippen LogP contribution in [0.3, 0.4) is 0 Å². The summed E-state index contributed by atoms with van der Waals surface area (Å²) in [5.41, 5.74) is 8.12. The number of hydrogen-bond acceptors (Lipinski definition) is 5. The van der Waals surface area contributed by atoms with Gasteiger partial charge in [0.1, 0.15) is 6.61 Å². The number of aryl methyl sites for hydroxylation is 1. The number of allylic oxidation sites excluding steroid dienone is 4. The van der Waals surface area contributed by atoms with Gasteiger partial charge >= 0.3 is 0 Å². The second-order valence-corrected chi connectivity index (χ2v) is 11.2. The van der Waals surface area contributed by atoms with E-state index in [0.717, 1.165) is 59.4 Å². The summed E-state index contributed by atoms with van der Waals surface area (Å²) in [5, 5.41) is 0. The molecule has 3 aromatic carbocycles. The van der Waals surface area contributed by atoms with E-state index in [1.165, 1.54) is 11.1 Å². The van der Waals surface area contributed by atoms with Crippen LogP contribution in [0.2, 0.25) is 0 Å². The summed E-state index contributed by atoms with van der Waals surface area (Å²) in [7, 11) is 0. The molecule has 0 aromatic heterocycles. The van der Waals surface area contributed by atoms with Crippen molar-refractivity contribution in [3.63, 3.8) is 0 Å². The third-order valence-electron chi connectivity index (χ3n) is 8.35. The van der Waals surface area contributed by atoms with Crippen molar-refractivity contribution in [3.8, 4) is 11.5 Å². The lowest BCUT2D eigenvalue weighted by Gasteiger charge is -2.44. The highest BCUT2D eigenvalue weighted by atomic mass is 16.5. The highest BCUT2D eigenvalue weighted by Gasteiger charge is 2.43. The van der Waals surface area contributed by atoms with E-state index in [1.807, 2.05) is 49.4 Å². The average Bonchev–Trinajstić information content (AvgIpc) is 2.98. The number of Topliss-reactive ketones (excluding diaryl/α,β-unsaturated/α-hetero) is 2. The molecule has 5 nitrogen and oxygen atoms in total. The predicted octanol–water partition coefficient (Wildman–Crippen LogP) is 7.59. The van der Waals surface area contributed by atoms with Crippen LogP contribution in [-0.4, -0.2) is 23.1 Å². The third-order valence-corrected chi connectivity index (χ3v) is 8.35. The molecule has 5 heteroatoms. The summed E-state index contributed by atoms with van der Waals surface area (Å²) in [5.74, 6) is 1.22. The van der Waals surface area contributed by atoms with Gasteiger partial charge in [0.2, 0.25) is 0 Å². The zero-order valence-electron chi connectivity index (χ0n) is 23.9. The Morgan fingerprint density at radius 2 is 1.41 bits per heavy atom. The Balaban J connectivity index is 1.42. The van der Waals surface area contributed by atoms with Gasteiger partial charge in [-0.25, -0.2) is 0 Å². The van der Waals surface area contributed by atoms with E-state index in [9.17, 15) is 9.59 Å². The molecule has 41 heavy (non-hydrogen) atoms. The molecule has 0 bridgehead atoms. The normalized spacial score (nSPS) is 17.5. The smallest absolute Gasteiger partial charge is 0.161 e. The fraction of sp³-hybridized carbons (Fsp3) is 0.333. The first kappa shape index (κ1) is 27.1. The van der Waals surface area contributed by atoms with Crippen LogP contribution < -0.4 is 9.47 Å². The first-order valence-corrected chi connectivity index (χ1v) is 14.8. The first-order valence-electron chi connectivity index (χ1n) is 14.8. The minimum Gasteiger partial charge on any atom is -0.490 e. The van der Waals surface area contributed by atoms with Crippen LogP contribution in [0.5, 0.6) is 11.5 Å². The molecular formula is C36H37NO4. The van der Waals surface area contributed by atoms with Crippen LogP contribution in [0.4, 0.5) is 0 Å². The number of nitrogens with zero attached hydrogens (tertiary/aromatic N) is 1. The number of ether oxygens (including phenoxy) is 2. The summed E-state index contributed by atoms with van der Waals surface area (Å²) in [6.07, 6.45) is 4.38. The van der Waals surface area contributed by atoms with E-state index in [4.69, 9.17) is 9.47 Å². The Hall–Kier alpha value is -4.12. The number of carbonyl (C=O) groups excluding carboxylic acids is 2. The maximum absolute atomic E-state index is 13.7. The van der Waals surface area contributed by atoms with Crippen LogP contribution >= 0.6 is 0 Å². The Kier molecular flexibility index (Phi) is 7.78. The van der Waals surface area contributed by atoms with Gasteiger partial charge in [-0.15, -0.1) is 0 Å². The standard InChI is InChI=1S/C36H37NO4/c1-3-40-33-21-27(18-19-32(33)41-23-26-13-7-10-24(2)20-26)34-35-28(14-8-16-30(35)38)37(22-25-11-5-4-6-12-25)29-15-9-17-31(39)36(29)34/h4-7,10-13,18-21,34H,3,8-9,14-17,22-23H2,1-2H3. The fourth-order valence-electron chi connectivity index (χ4n) is 6.56. The SMILES string of the molecule is CCOc1cc(C2C3=C(CCCC3=O)N(Cc3ccccc3)C3=C2C(=O)CCC3)ccc1OCc1cccc(C)c1. The second-order valence-electron chi connectivity index (χ2n) is 11.2. The number of hydrogen-bond donors (Lipinski definition) is 0. The monoisotopic (exact) mass is 547 g/mol. The number of benzene rings is 3. The summed E-state index contributed by atoms with van der Waals surface area (Å²) in [4.78, 5) is 29.7. The number of carbonyl (C=O) groups is 2. The maximum Gasteiger partial charge on any atom is 0.161 e. The second kappa shape index (κ2) is 11.8. The summed E-state index contributed by atoms with van der Waals surface area (Å²) >= 11 is 0. The van der Waals surface area contributed by atoms with Gasteiger partial charge in [0.15, 0.2) is 23.1 Å². The van der Waals surface area contributed by atoms with E-state index >= 15 is 0 Å². The Morgan fingerprint density at radius 1 is 0.732 bits per heavy atom. The largest absolute Gasteiger partial charge is 0.490 e. The number of rotatable bonds is 8. The highest BCUT2D eigenvalue weighted by molar-refractivity contribution is 6.06. The molecule has 1 heterocycles. The van der Waals surface area contributed by atoms with Crippen molar-refractivity contribution in [2.24, 2.45) is 0 Å². The molecule has 0 N–H and O–H groups in total. The van der Waals surface area contributed by atoms with Gasteiger partial charge in [0, 0.05) is 47.8 Å². The topological polar surface area (TPSA) is 55.8 Å². The minimum atomic E-state index is -0.377. The van der Waals surface area contributed by atoms with E-state index in [-0.39, 0.29) is 17.5 Å². The van der Waals surface area contributed by atoms with Gasteiger partial charge in [-0.2, -0.15) is 0 Å². The molecule has 2 aliphatic carbocycles. The van der Waals surface area contributed by atoms with Crippen molar-refractivity contribution >= 4 is 11.6 Å². The Morgan fingerprint density at radius 3 is 2.07 bits per heavy atom. The lowest BCUT2D eigenvalue weighted by Crippen LogP contribution is -2.38. The molecule has 0 atom stereocenters. The van der Waals surface area contributed by atoms with E-state index < -0.39 is 0 Å². The predicted molar refractivity (Wildman–Crippen MR) is 160 cm³/mol. The van der Waals surface area contributed by atoms with E-state index in [0.29, 0.717) is 44.1 Å². The van der Waals surface area contributed by atoms with E-state index in [1.54, 1.807) is 0 Å². The molecule has 0 fully saturated rings. The molecule has 3 aliphatic rings. The maximum atomic E-state index is 13.7. The molecule has 0 amide bonds. The lowest BCUT2D eigenvalue weighted by molar-refractivity contribution is -0.117. The Labute approximate surface area is 242 Å². The van der Waals surface area contributed by atoms with Crippen LogP contribution in [0, 0.1) is 6.92 Å². The first-order chi connectivity index (χ1) is 20.0. The minimum absolute atomic E-state index is 0.150. The van der Waals surface area contributed by atoms with Crippen molar-refractivity contribution in [2.45, 2.75) is 71.4 Å². The lowest BCUT2D eigenvalue weighted by atomic mass is 9.71. The van der Waals surface area contributed by atoms with Crippen molar-refractivity contribution < 1.29 is 19.1 Å². The van der Waals surface area contributed by atoms with Crippen molar-refractivity contribution in [1.82, 2.24) is 4.90 Å². The molecule has 0 radical (unpaired) electrons. The van der Waals surface area contributed by atoms with Gasteiger partial charge < -0.3 is 14.4 Å². The van der Waals surface area contributed by atoms with Crippen LogP contribution in [0.15, 0.2) is 95.3 Å². The Bertz CT molecular complexity index is 1490. The zero-order chi connectivity index (χ0) is 28.3. The van der Waals surface area contributed by atoms with Crippen molar-refractivity contribution in [1.29, 1.82) is 0 Å². The molecule has 0 spiro atoms. The van der Waals surface area contributed by atoms with Gasteiger partial charge in [0.05, 0.1) is 6.61 Å².